The number of nitrogens with one attached hydrogen (secondary N) is 1. The van der Waals surface area contributed by atoms with E-state index in [-0.39, 0.29) is 12.4 Å². The summed E-state index contributed by atoms with van der Waals surface area (Å²) in [6, 6.07) is 3.85. The van der Waals surface area contributed by atoms with Crippen molar-refractivity contribution < 1.29 is 9.53 Å². The zero-order valence-electron chi connectivity index (χ0n) is 9.69. The van der Waals surface area contributed by atoms with Crippen LogP contribution in [0.1, 0.15) is 12.1 Å². The minimum atomic E-state index is -0.256. The lowest BCUT2D eigenvalue weighted by Gasteiger charge is -2.03. The second-order valence-electron chi connectivity index (χ2n) is 3.73. The standard InChI is InChI=1S/C11H13N3O2S/c1-7-3-4-8-10(12-7)14(11(17)13-8)6-5-9(15)16-2/h3-4H,5-6H2,1-2H3,(H,13,17). The Morgan fingerprint density at radius 2 is 2.35 bits per heavy atom. The number of imidazole rings is 1. The molecule has 0 aliphatic heterocycles. The number of esters is 1. The van der Waals surface area contributed by atoms with Crippen LogP contribution in [0.4, 0.5) is 0 Å². The van der Waals surface area contributed by atoms with Gasteiger partial charge in [0.2, 0.25) is 0 Å². The van der Waals surface area contributed by atoms with Crippen LogP contribution in [0, 0.1) is 11.7 Å². The van der Waals surface area contributed by atoms with Gasteiger partial charge in [-0.1, -0.05) is 0 Å². The van der Waals surface area contributed by atoms with E-state index in [1.165, 1.54) is 7.11 Å². The third-order valence-electron chi connectivity index (χ3n) is 2.52. The van der Waals surface area contributed by atoms with Gasteiger partial charge in [-0.25, -0.2) is 4.98 Å². The van der Waals surface area contributed by atoms with E-state index in [1.54, 1.807) is 0 Å². The fourth-order valence-electron chi connectivity index (χ4n) is 1.64. The van der Waals surface area contributed by atoms with Crippen molar-refractivity contribution in [3.63, 3.8) is 0 Å². The fourth-order valence-corrected chi connectivity index (χ4v) is 1.93. The summed E-state index contributed by atoms with van der Waals surface area (Å²) in [5, 5.41) is 0. The highest BCUT2D eigenvalue weighted by Crippen LogP contribution is 2.13. The molecule has 2 aromatic heterocycles. The fraction of sp³-hybridized carbons (Fsp3) is 0.364. The first-order valence-electron chi connectivity index (χ1n) is 5.25. The molecule has 0 aliphatic rings. The van der Waals surface area contributed by atoms with Crippen LogP contribution in [0.3, 0.4) is 0 Å². The summed E-state index contributed by atoms with van der Waals surface area (Å²) in [6.07, 6.45) is 0.285. The maximum atomic E-state index is 11.1. The van der Waals surface area contributed by atoms with E-state index in [2.05, 4.69) is 14.7 Å². The molecule has 90 valence electrons. The lowest BCUT2D eigenvalue weighted by atomic mass is 10.3. The molecule has 0 atom stereocenters. The topological polar surface area (TPSA) is 59.9 Å². The summed E-state index contributed by atoms with van der Waals surface area (Å²) in [7, 11) is 1.37. The molecule has 0 saturated carbocycles. The van der Waals surface area contributed by atoms with Gasteiger partial charge in [-0.05, 0) is 31.3 Å². The SMILES string of the molecule is COC(=O)CCn1c(=S)[nH]c2ccc(C)nc21. The largest absolute Gasteiger partial charge is 0.469 e. The van der Waals surface area contributed by atoms with Crippen molar-refractivity contribution in [1.82, 2.24) is 14.5 Å². The van der Waals surface area contributed by atoms with Crippen LogP contribution in [0.15, 0.2) is 12.1 Å². The number of methoxy groups -OCH3 is 1. The Morgan fingerprint density at radius 1 is 1.59 bits per heavy atom. The molecular weight excluding hydrogens is 238 g/mol. The first-order chi connectivity index (χ1) is 8.11. The molecule has 0 radical (unpaired) electrons. The monoisotopic (exact) mass is 251 g/mol. The summed E-state index contributed by atoms with van der Waals surface area (Å²) in [5.41, 5.74) is 2.57. The van der Waals surface area contributed by atoms with Gasteiger partial charge in [-0.15, -0.1) is 0 Å². The molecule has 0 spiro atoms. The van der Waals surface area contributed by atoms with Crippen LogP contribution in [0.25, 0.3) is 11.2 Å². The van der Waals surface area contributed by atoms with Crippen molar-refractivity contribution in [3.05, 3.63) is 22.6 Å². The molecule has 2 aromatic rings. The van der Waals surface area contributed by atoms with Gasteiger partial charge in [0.25, 0.3) is 0 Å². The van der Waals surface area contributed by atoms with E-state index in [1.807, 2.05) is 23.6 Å². The van der Waals surface area contributed by atoms with Gasteiger partial charge < -0.3 is 14.3 Å². The summed E-state index contributed by atoms with van der Waals surface area (Å²) in [6.45, 7) is 2.39. The Morgan fingerprint density at radius 3 is 3.06 bits per heavy atom. The Balaban J connectivity index is 2.38. The molecule has 0 unspecified atom stereocenters. The molecule has 0 fully saturated rings. The quantitative estimate of drug-likeness (QED) is 0.669. The number of aromatic nitrogens is 3. The molecule has 0 aromatic carbocycles. The molecular formula is C11H13N3O2S. The number of nitrogens with zero attached hydrogens (tertiary/aromatic N) is 2. The highest BCUT2D eigenvalue weighted by molar-refractivity contribution is 7.71. The Bertz CT molecular complexity index is 615. The number of carbonyl (C=O) groups excluding carboxylic acids is 1. The zero-order valence-corrected chi connectivity index (χ0v) is 10.5. The van der Waals surface area contributed by atoms with Crippen LogP contribution >= 0.6 is 12.2 Å². The highest BCUT2D eigenvalue weighted by atomic mass is 32.1. The minimum Gasteiger partial charge on any atom is -0.469 e. The predicted octanol–water partition coefficient (Wildman–Crippen LogP) is 1.97. The van der Waals surface area contributed by atoms with E-state index < -0.39 is 0 Å². The maximum Gasteiger partial charge on any atom is 0.307 e. The molecule has 0 amide bonds. The molecule has 17 heavy (non-hydrogen) atoms. The lowest BCUT2D eigenvalue weighted by molar-refractivity contribution is -0.140. The predicted molar refractivity (Wildman–Crippen MR) is 66.3 cm³/mol. The number of H-pyrrole nitrogens is 1. The normalized spacial score (nSPS) is 10.7. The zero-order chi connectivity index (χ0) is 12.4. The van der Waals surface area contributed by atoms with E-state index in [4.69, 9.17) is 12.2 Å². The summed E-state index contributed by atoms with van der Waals surface area (Å²) in [5.74, 6) is -0.256. The van der Waals surface area contributed by atoms with Crippen molar-refractivity contribution in [2.24, 2.45) is 0 Å². The van der Waals surface area contributed by atoms with Gasteiger partial charge in [0.1, 0.15) is 0 Å². The van der Waals surface area contributed by atoms with E-state index in [0.717, 1.165) is 16.9 Å². The number of rotatable bonds is 3. The summed E-state index contributed by atoms with van der Waals surface area (Å²) < 4.78 is 6.99. The van der Waals surface area contributed by atoms with E-state index in [0.29, 0.717) is 11.3 Å². The van der Waals surface area contributed by atoms with Crippen molar-refractivity contribution in [2.45, 2.75) is 19.9 Å². The van der Waals surface area contributed by atoms with E-state index in [9.17, 15) is 4.79 Å². The van der Waals surface area contributed by atoms with Crippen LogP contribution in [-0.4, -0.2) is 27.6 Å². The molecule has 2 rings (SSSR count). The number of ether oxygens (including phenoxy) is 1. The second kappa shape index (κ2) is 4.67. The highest BCUT2D eigenvalue weighted by Gasteiger charge is 2.08. The van der Waals surface area contributed by atoms with Gasteiger partial charge in [0.15, 0.2) is 10.4 Å². The maximum absolute atomic E-state index is 11.1. The average molecular weight is 251 g/mol. The van der Waals surface area contributed by atoms with Crippen LogP contribution in [0.5, 0.6) is 0 Å². The Labute approximate surface area is 103 Å². The number of hydrogen-bond acceptors (Lipinski definition) is 4. The van der Waals surface area contributed by atoms with Gasteiger partial charge in [-0.3, -0.25) is 4.79 Å². The van der Waals surface area contributed by atoms with Crippen molar-refractivity contribution in [1.29, 1.82) is 0 Å². The summed E-state index contributed by atoms with van der Waals surface area (Å²) in [4.78, 5) is 18.6. The van der Waals surface area contributed by atoms with Gasteiger partial charge in [0, 0.05) is 12.2 Å². The van der Waals surface area contributed by atoms with Crippen LogP contribution < -0.4 is 0 Å². The van der Waals surface area contributed by atoms with Crippen molar-refractivity contribution in [2.75, 3.05) is 7.11 Å². The van der Waals surface area contributed by atoms with Gasteiger partial charge >= 0.3 is 5.97 Å². The smallest absolute Gasteiger partial charge is 0.307 e. The van der Waals surface area contributed by atoms with Crippen molar-refractivity contribution >= 4 is 29.4 Å². The lowest BCUT2D eigenvalue weighted by Crippen LogP contribution is -2.07. The number of pyridine rings is 1. The number of aryl methyl sites for hydroxylation is 2. The van der Waals surface area contributed by atoms with Crippen LogP contribution in [0.2, 0.25) is 0 Å². The molecule has 0 aliphatic carbocycles. The Hall–Kier alpha value is -1.69. The third-order valence-corrected chi connectivity index (χ3v) is 2.85. The number of hydrogen-bond donors (Lipinski definition) is 1. The molecule has 0 bridgehead atoms. The molecule has 6 heteroatoms. The minimum absolute atomic E-state index is 0.256. The second-order valence-corrected chi connectivity index (χ2v) is 4.12. The molecule has 5 nitrogen and oxygen atoms in total. The number of aromatic amines is 1. The molecule has 2 heterocycles. The van der Waals surface area contributed by atoms with Crippen molar-refractivity contribution in [3.8, 4) is 0 Å². The number of carbonyl (C=O) groups is 1. The third kappa shape index (κ3) is 2.36. The molecule has 0 saturated heterocycles. The first kappa shape index (κ1) is 11.8. The van der Waals surface area contributed by atoms with Crippen LogP contribution in [-0.2, 0) is 16.1 Å². The number of fused-ring (bicyclic) bond motifs is 1. The molecule has 1 N–H and O–H groups in total. The summed E-state index contributed by atoms with van der Waals surface area (Å²) >= 11 is 5.20. The Kier molecular flexibility index (Phi) is 3.23. The van der Waals surface area contributed by atoms with Gasteiger partial charge in [0.05, 0.1) is 19.0 Å². The average Bonchev–Trinajstić information content (AvgIpc) is 2.61. The van der Waals surface area contributed by atoms with E-state index >= 15 is 0 Å². The first-order valence-corrected chi connectivity index (χ1v) is 5.65. The van der Waals surface area contributed by atoms with Gasteiger partial charge in [-0.2, -0.15) is 0 Å².